The molecule has 1 fully saturated rings. The molecular formula is C26H29N3O4S. The summed E-state index contributed by atoms with van der Waals surface area (Å²) in [6, 6.07) is 21.4. The van der Waals surface area contributed by atoms with E-state index in [4.69, 9.17) is 4.74 Å². The normalized spacial score (nSPS) is 15.7. The first-order chi connectivity index (χ1) is 16.4. The maximum Gasteiger partial charge on any atom is 0.261 e. The molecule has 4 rings (SSSR count). The highest BCUT2D eigenvalue weighted by atomic mass is 32.2. The molecule has 0 spiro atoms. The Balaban J connectivity index is 1.47. The van der Waals surface area contributed by atoms with Gasteiger partial charge in [0.25, 0.3) is 15.9 Å². The van der Waals surface area contributed by atoms with Crippen LogP contribution in [0.2, 0.25) is 0 Å². The standard InChI is InChI=1S/C26H29N3O4S/c1-3-33-23-12-10-21(11-13-23)28-34(31,32)24-14-9-19(2)25(17-24)26(30)29-16-15-22(18-29)27-20-7-5-4-6-8-20/h4-14,17,22,27-28H,3,15-16,18H2,1-2H3. The second-order valence-corrected chi connectivity index (χ2v) is 9.97. The van der Waals surface area contributed by atoms with Gasteiger partial charge in [0.2, 0.25) is 0 Å². The number of ether oxygens (including phenoxy) is 1. The maximum absolute atomic E-state index is 13.3. The number of sulfonamides is 1. The van der Waals surface area contributed by atoms with Gasteiger partial charge < -0.3 is 15.0 Å². The average Bonchev–Trinajstić information content (AvgIpc) is 3.29. The summed E-state index contributed by atoms with van der Waals surface area (Å²) < 4.78 is 34.0. The predicted molar refractivity (Wildman–Crippen MR) is 134 cm³/mol. The zero-order valence-electron chi connectivity index (χ0n) is 19.3. The minimum Gasteiger partial charge on any atom is -0.494 e. The lowest BCUT2D eigenvalue weighted by atomic mass is 10.1. The molecule has 1 atom stereocenters. The number of nitrogens with zero attached hydrogens (tertiary/aromatic N) is 1. The van der Waals surface area contributed by atoms with Crippen LogP contribution >= 0.6 is 0 Å². The van der Waals surface area contributed by atoms with Crippen molar-refractivity contribution in [2.24, 2.45) is 0 Å². The number of hydrogen-bond donors (Lipinski definition) is 2. The van der Waals surface area contributed by atoms with Crippen LogP contribution in [0.3, 0.4) is 0 Å². The van der Waals surface area contributed by atoms with Gasteiger partial charge in [-0.15, -0.1) is 0 Å². The highest BCUT2D eigenvalue weighted by Gasteiger charge is 2.28. The average molecular weight is 480 g/mol. The lowest BCUT2D eigenvalue weighted by Gasteiger charge is -2.19. The zero-order valence-corrected chi connectivity index (χ0v) is 20.1. The molecule has 0 aliphatic carbocycles. The Labute approximate surface area is 200 Å². The first-order valence-corrected chi connectivity index (χ1v) is 12.8. The molecule has 8 heteroatoms. The van der Waals surface area contributed by atoms with E-state index >= 15 is 0 Å². The molecule has 1 aliphatic heterocycles. The summed E-state index contributed by atoms with van der Waals surface area (Å²) in [6.07, 6.45) is 0.830. The zero-order chi connectivity index (χ0) is 24.1. The molecule has 3 aromatic rings. The van der Waals surface area contributed by atoms with E-state index in [1.54, 1.807) is 35.2 Å². The number of hydrogen-bond acceptors (Lipinski definition) is 5. The summed E-state index contributed by atoms with van der Waals surface area (Å²) in [5.74, 6) is 0.507. The molecule has 0 bridgehead atoms. The molecule has 1 amide bonds. The van der Waals surface area contributed by atoms with E-state index in [1.807, 2.05) is 44.2 Å². The van der Waals surface area contributed by atoms with Crippen molar-refractivity contribution in [1.82, 2.24) is 4.90 Å². The number of amides is 1. The van der Waals surface area contributed by atoms with Gasteiger partial charge in [-0.2, -0.15) is 0 Å². The van der Waals surface area contributed by atoms with Crippen molar-refractivity contribution in [1.29, 1.82) is 0 Å². The fourth-order valence-corrected chi connectivity index (χ4v) is 5.09. The van der Waals surface area contributed by atoms with Crippen LogP contribution in [0.1, 0.15) is 29.3 Å². The van der Waals surface area contributed by atoms with Crippen molar-refractivity contribution in [3.8, 4) is 5.75 Å². The number of anilines is 2. The van der Waals surface area contributed by atoms with E-state index in [9.17, 15) is 13.2 Å². The van der Waals surface area contributed by atoms with Gasteiger partial charge in [-0.05, 0) is 74.4 Å². The summed E-state index contributed by atoms with van der Waals surface area (Å²) in [6.45, 7) is 5.42. The third kappa shape index (κ3) is 5.51. The molecule has 2 N–H and O–H groups in total. The van der Waals surface area contributed by atoms with Crippen molar-refractivity contribution < 1.29 is 17.9 Å². The van der Waals surface area contributed by atoms with E-state index in [0.717, 1.165) is 17.7 Å². The monoisotopic (exact) mass is 479 g/mol. The Morgan fingerprint density at radius 1 is 1.03 bits per heavy atom. The van der Waals surface area contributed by atoms with Gasteiger partial charge in [0.15, 0.2) is 0 Å². The van der Waals surface area contributed by atoms with E-state index in [1.165, 1.54) is 12.1 Å². The SMILES string of the molecule is CCOc1ccc(NS(=O)(=O)c2ccc(C)c(C(=O)N3CCC(Nc4ccccc4)C3)c2)cc1. The van der Waals surface area contributed by atoms with Gasteiger partial charge in [0.05, 0.1) is 11.5 Å². The van der Waals surface area contributed by atoms with Gasteiger partial charge in [-0.1, -0.05) is 24.3 Å². The molecule has 0 saturated carbocycles. The van der Waals surface area contributed by atoms with Crippen LogP contribution in [-0.2, 0) is 10.0 Å². The van der Waals surface area contributed by atoms with Gasteiger partial charge in [0, 0.05) is 36.1 Å². The highest BCUT2D eigenvalue weighted by Crippen LogP contribution is 2.24. The van der Waals surface area contributed by atoms with Crippen LogP contribution in [0.25, 0.3) is 0 Å². The molecule has 3 aromatic carbocycles. The van der Waals surface area contributed by atoms with Crippen LogP contribution in [0, 0.1) is 6.92 Å². The second kappa shape index (κ2) is 10.2. The van der Waals surface area contributed by atoms with E-state index in [0.29, 0.717) is 36.7 Å². The third-order valence-electron chi connectivity index (χ3n) is 5.79. The van der Waals surface area contributed by atoms with Crippen LogP contribution in [-0.4, -0.2) is 45.0 Å². The van der Waals surface area contributed by atoms with Crippen molar-refractivity contribution in [3.05, 3.63) is 83.9 Å². The number of nitrogens with one attached hydrogen (secondary N) is 2. The van der Waals surface area contributed by atoms with Crippen LogP contribution in [0.15, 0.2) is 77.7 Å². The van der Waals surface area contributed by atoms with Gasteiger partial charge in [0.1, 0.15) is 5.75 Å². The molecule has 1 heterocycles. The number of carbonyl (C=O) groups is 1. The fourth-order valence-electron chi connectivity index (χ4n) is 4.00. The molecule has 7 nitrogen and oxygen atoms in total. The van der Waals surface area contributed by atoms with Crippen molar-refractivity contribution in [2.45, 2.75) is 31.2 Å². The molecule has 1 aliphatic rings. The van der Waals surface area contributed by atoms with Crippen molar-refractivity contribution >= 4 is 27.3 Å². The van der Waals surface area contributed by atoms with Crippen molar-refractivity contribution in [2.75, 3.05) is 29.7 Å². The Kier molecular flexibility index (Phi) is 7.07. The summed E-state index contributed by atoms with van der Waals surface area (Å²) in [7, 11) is -3.86. The predicted octanol–water partition coefficient (Wildman–Crippen LogP) is 4.52. The topological polar surface area (TPSA) is 87.7 Å². The van der Waals surface area contributed by atoms with E-state index in [2.05, 4.69) is 10.0 Å². The lowest BCUT2D eigenvalue weighted by Crippen LogP contribution is -2.32. The third-order valence-corrected chi connectivity index (χ3v) is 7.17. The number of aryl methyl sites for hydroxylation is 1. The van der Waals surface area contributed by atoms with Gasteiger partial charge in [-0.3, -0.25) is 9.52 Å². The Morgan fingerprint density at radius 2 is 1.76 bits per heavy atom. The Morgan fingerprint density at radius 3 is 2.47 bits per heavy atom. The van der Waals surface area contributed by atoms with Crippen LogP contribution in [0.5, 0.6) is 5.75 Å². The fraction of sp³-hybridized carbons (Fsp3) is 0.269. The minimum absolute atomic E-state index is 0.0495. The summed E-state index contributed by atoms with van der Waals surface area (Å²) in [4.78, 5) is 15.1. The molecule has 1 saturated heterocycles. The number of benzene rings is 3. The summed E-state index contributed by atoms with van der Waals surface area (Å²) >= 11 is 0. The Hall–Kier alpha value is -3.52. The summed E-state index contributed by atoms with van der Waals surface area (Å²) in [5.41, 5.74) is 2.58. The van der Waals surface area contributed by atoms with Crippen LogP contribution in [0.4, 0.5) is 11.4 Å². The van der Waals surface area contributed by atoms with Crippen molar-refractivity contribution in [3.63, 3.8) is 0 Å². The number of likely N-dealkylation sites (tertiary alicyclic amines) is 1. The smallest absolute Gasteiger partial charge is 0.261 e. The summed E-state index contributed by atoms with van der Waals surface area (Å²) in [5, 5.41) is 3.46. The molecule has 0 radical (unpaired) electrons. The van der Waals surface area contributed by atoms with Crippen LogP contribution < -0.4 is 14.8 Å². The van der Waals surface area contributed by atoms with E-state index in [-0.39, 0.29) is 16.8 Å². The van der Waals surface area contributed by atoms with Gasteiger partial charge >= 0.3 is 0 Å². The molecular weight excluding hydrogens is 450 g/mol. The second-order valence-electron chi connectivity index (χ2n) is 8.29. The quantitative estimate of drug-likeness (QED) is 0.496. The first-order valence-electron chi connectivity index (χ1n) is 11.3. The molecule has 178 valence electrons. The minimum atomic E-state index is -3.86. The molecule has 34 heavy (non-hydrogen) atoms. The molecule has 0 aromatic heterocycles. The number of carbonyl (C=O) groups excluding carboxylic acids is 1. The first kappa shape index (κ1) is 23.6. The van der Waals surface area contributed by atoms with E-state index < -0.39 is 10.0 Å². The maximum atomic E-state index is 13.3. The Bertz CT molecular complexity index is 1240. The van der Waals surface area contributed by atoms with Gasteiger partial charge in [-0.25, -0.2) is 8.42 Å². The number of para-hydroxylation sites is 1. The largest absolute Gasteiger partial charge is 0.494 e. The highest BCUT2D eigenvalue weighted by molar-refractivity contribution is 7.92. The number of rotatable bonds is 8. The molecule has 1 unspecified atom stereocenters. The lowest BCUT2D eigenvalue weighted by molar-refractivity contribution is 0.0790.